The van der Waals surface area contributed by atoms with Gasteiger partial charge in [0.2, 0.25) is 0 Å². The van der Waals surface area contributed by atoms with Gasteiger partial charge >= 0.3 is 5.69 Å². The van der Waals surface area contributed by atoms with Crippen molar-refractivity contribution in [3.63, 3.8) is 0 Å². The lowest BCUT2D eigenvalue weighted by molar-refractivity contribution is -0.383. The van der Waals surface area contributed by atoms with Gasteiger partial charge in [0.05, 0.1) is 17.1 Å². The molecule has 1 aliphatic heterocycles. The van der Waals surface area contributed by atoms with E-state index in [1.807, 2.05) is 4.90 Å². The quantitative estimate of drug-likeness (QED) is 0.652. The molecule has 0 bridgehead atoms. The zero-order valence-corrected chi connectivity index (χ0v) is 11.8. The number of nitrogens with zero attached hydrogens (tertiary/aromatic N) is 2. The van der Waals surface area contributed by atoms with Gasteiger partial charge in [0.25, 0.3) is 0 Å². The minimum atomic E-state index is -0.701. The highest BCUT2D eigenvalue weighted by molar-refractivity contribution is 7.16. The maximum atomic E-state index is 11.1. The average molecular weight is 286 g/mol. The van der Waals surface area contributed by atoms with Gasteiger partial charge < -0.3 is 15.1 Å². The van der Waals surface area contributed by atoms with Crippen LogP contribution in [0.1, 0.15) is 31.2 Å². The first-order chi connectivity index (χ1) is 8.90. The fourth-order valence-corrected chi connectivity index (χ4v) is 3.42. The molecule has 106 valence electrons. The SMILES string of the molecule is CC(O)c1cc([N+](=O)[O-])c(N2CCC(C(C)O)C2)s1. The Morgan fingerprint density at radius 1 is 1.53 bits per heavy atom. The summed E-state index contributed by atoms with van der Waals surface area (Å²) < 4.78 is 0. The van der Waals surface area contributed by atoms with E-state index in [-0.39, 0.29) is 11.6 Å². The second kappa shape index (κ2) is 5.44. The number of aliphatic hydroxyl groups is 2. The summed E-state index contributed by atoms with van der Waals surface area (Å²) in [4.78, 5) is 13.2. The van der Waals surface area contributed by atoms with E-state index in [1.54, 1.807) is 13.8 Å². The molecule has 0 saturated carbocycles. The van der Waals surface area contributed by atoms with E-state index in [9.17, 15) is 20.3 Å². The predicted molar refractivity (Wildman–Crippen MR) is 73.6 cm³/mol. The molecule has 3 atom stereocenters. The van der Waals surface area contributed by atoms with Crippen molar-refractivity contribution in [2.24, 2.45) is 5.92 Å². The minimum absolute atomic E-state index is 0.0483. The second-order valence-electron chi connectivity index (χ2n) is 5.01. The van der Waals surface area contributed by atoms with Crippen LogP contribution in [0.3, 0.4) is 0 Å². The summed E-state index contributed by atoms with van der Waals surface area (Å²) in [6.07, 6.45) is -0.274. The molecule has 19 heavy (non-hydrogen) atoms. The second-order valence-corrected chi connectivity index (χ2v) is 6.07. The van der Waals surface area contributed by atoms with Crippen molar-refractivity contribution < 1.29 is 15.1 Å². The van der Waals surface area contributed by atoms with Crippen LogP contribution >= 0.6 is 11.3 Å². The molecule has 0 aliphatic carbocycles. The summed E-state index contributed by atoms with van der Waals surface area (Å²) in [6.45, 7) is 4.68. The molecule has 3 unspecified atom stereocenters. The van der Waals surface area contributed by atoms with Crippen molar-refractivity contribution in [1.29, 1.82) is 0 Å². The fourth-order valence-electron chi connectivity index (χ4n) is 2.32. The average Bonchev–Trinajstić information content (AvgIpc) is 2.95. The Morgan fingerprint density at radius 3 is 2.68 bits per heavy atom. The lowest BCUT2D eigenvalue weighted by atomic mass is 10.0. The van der Waals surface area contributed by atoms with Crippen molar-refractivity contribution in [2.75, 3.05) is 18.0 Å². The number of aliphatic hydroxyl groups excluding tert-OH is 2. The molecule has 1 aromatic rings. The molecule has 1 aliphatic rings. The maximum Gasteiger partial charge on any atom is 0.304 e. The first-order valence-electron chi connectivity index (χ1n) is 6.29. The fraction of sp³-hybridized carbons (Fsp3) is 0.667. The van der Waals surface area contributed by atoms with Crippen molar-refractivity contribution in [3.8, 4) is 0 Å². The zero-order valence-electron chi connectivity index (χ0n) is 10.9. The van der Waals surface area contributed by atoms with Gasteiger partial charge in [-0.3, -0.25) is 10.1 Å². The van der Waals surface area contributed by atoms with Crippen LogP contribution in [-0.4, -0.2) is 34.3 Å². The summed E-state index contributed by atoms with van der Waals surface area (Å²) in [5.74, 6) is 0.150. The molecule has 2 heterocycles. The van der Waals surface area contributed by atoms with E-state index in [4.69, 9.17) is 0 Å². The minimum Gasteiger partial charge on any atom is -0.393 e. The van der Waals surface area contributed by atoms with Crippen molar-refractivity contribution in [2.45, 2.75) is 32.5 Å². The summed E-state index contributed by atoms with van der Waals surface area (Å²) in [5.41, 5.74) is 0.0483. The number of hydrogen-bond acceptors (Lipinski definition) is 6. The van der Waals surface area contributed by atoms with E-state index in [2.05, 4.69) is 0 Å². The van der Waals surface area contributed by atoms with E-state index in [0.717, 1.165) is 6.42 Å². The van der Waals surface area contributed by atoms with Crippen LogP contribution in [0.2, 0.25) is 0 Å². The van der Waals surface area contributed by atoms with E-state index < -0.39 is 17.1 Å². The van der Waals surface area contributed by atoms with Crippen molar-refractivity contribution in [1.82, 2.24) is 0 Å². The van der Waals surface area contributed by atoms with Crippen LogP contribution in [0.5, 0.6) is 0 Å². The molecule has 1 saturated heterocycles. The molecule has 1 fully saturated rings. The van der Waals surface area contributed by atoms with Crippen LogP contribution in [0.4, 0.5) is 10.7 Å². The summed E-state index contributed by atoms with van der Waals surface area (Å²) in [6, 6.07) is 1.44. The van der Waals surface area contributed by atoms with Gasteiger partial charge in [0, 0.05) is 30.0 Å². The lowest BCUT2D eigenvalue weighted by Crippen LogP contribution is -2.23. The van der Waals surface area contributed by atoms with Crippen LogP contribution in [0.15, 0.2) is 6.07 Å². The van der Waals surface area contributed by atoms with Crippen LogP contribution in [0, 0.1) is 16.0 Å². The van der Waals surface area contributed by atoms with Gasteiger partial charge in [-0.15, -0.1) is 11.3 Å². The molecule has 7 heteroatoms. The lowest BCUT2D eigenvalue weighted by Gasteiger charge is -2.17. The third kappa shape index (κ3) is 2.88. The molecule has 6 nitrogen and oxygen atoms in total. The van der Waals surface area contributed by atoms with Crippen molar-refractivity contribution in [3.05, 3.63) is 21.1 Å². The van der Waals surface area contributed by atoms with Crippen LogP contribution < -0.4 is 4.90 Å². The third-order valence-electron chi connectivity index (χ3n) is 3.52. The number of thiophene rings is 1. The molecule has 1 aromatic heterocycles. The molecule has 0 radical (unpaired) electrons. The van der Waals surface area contributed by atoms with Crippen LogP contribution in [0.25, 0.3) is 0 Å². The Hall–Kier alpha value is -1.18. The Labute approximate surface area is 115 Å². The highest BCUT2D eigenvalue weighted by atomic mass is 32.1. The first-order valence-corrected chi connectivity index (χ1v) is 7.11. The van der Waals surface area contributed by atoms with Gasteiger partial charge in [-0.2, -0.15) is 0 Å². The summed E-state index contributed by atoms with van der Waals surface area (Å²) in [5, 5.41) is 30.8. The maximum absolute atomic E-state index is 11.1. The monoisotopic (exact) mass is 286 g/mol. The molecule has 0 amide bonds. The smallest absolute Gasteiger partial charge is 0.304 e. The third-order valence-corrected chi connectivity index (χ3v) is 4.87. The molecular weight excluding hydrogens is 268 g/mol. The number of anilines is 1. The molecule has 0 spiro atoms. The van der Waals surface area contributed by atoms with E-state index in [0.29, 0.717) is 23.0 Å². The molecule has 2 N–H and O–H groups in total. The Bertz CT molecular complexity index is 472. The molecule has 0 aromatic carbocycles. The Balaban J connectivity index is 2.26. The standard InChI is InChI=1S/C12H18N2O4S/c1-7(15)9-3-4-13(6-9)12-10(14(17)18)5-11(19-12)8(2)16/h5,7-9,15-16H,3-4,6H2,1-2H3. The summed E-state index contributed by atoms with van der Waals surface area (Å²) in [7, 11) is 0. The van der Waals surface area contributed by atoms with Crippen LogP contribution in [-0.2, 0) is 0 Å². The van der Waals surface area contributed by atoms with Gasteiger partial charge in [0.1, 0.15) is 0 Å². The number of rotatable bonds is 4. The van der Waals surface area contributed by atoms with E-state index >= 15 is 0 Å². The highest BCUT2D eigenvalue weighted by Crippen LogP contribution is 2.42. The zero-order chi connectivity index (χ0) is 14.2. The van der Waals surface area contributed by atoms with Crippen molar-refractivity contribution >= 4 is 22.0 Å². The largest absolute Gasteiger partial charge is 0.393 e. The highest BCUT2D eigenvalue weighted by Gasteiger charge is 2.32. The van der Waals surface area contributed by atoms with E-state index in [1.165, 1.54) is 17.4 Å². The first kappa shape index (κ1) is 14.2. The molecule has 2 rings (SSSR count). The summed E-state index contributed by atoms with van der Waals surface area (Å²) >= 11 is 1.26. The topological polar surface area (TPSA) is 86.8 Å². The number of nitro groups is 1. The van der Waals surface area contributed by atoms with Gasteiger partial charge in [0.15, 0.2) is 5.00 Å². The molecular formula is C12H18N2O4S. The normalized spacial score (nSPS) is 22.5. The number of hydrogen-bond donors (Lipinski definition) is 2. The van der Waals surface area contributed by atoms with Gasteiger partial charge in [-0.1, -0.05) is 0 Å². The van der Waals surface area contributed by atoms with Gasteiger partial charge in [-0.25, -0.2) is 0 Å². The Morgan fingerprint density at radius 2 is 2.21 bits per heavy atom. The van der Waals surface area contributed by atoms with Gasteiger partial charge in [-0.05, 0) is 20.3 Å². The predicted octanol–water partition coefficient (Wildman–Crippen LogP) is 1.92. The Kier molecular flexibility index (Phi) is 4.07.